The zero-order valence-electron chi connectivity index (χ0n) is 9.29. The molecule has 0 atom stereocenters. The van der Waals surface area contributed by atoms with Crippen molar-refractivity contribution in [3.05, 3.63) is 41.7 Å². The molecule has 90 valence electrons. The van der Waals surface area contributed by atoms with Gasteiger partial charge in [0.1, 0.15) is 5.52 Å². The van der Waals surface area contributed by atoms with Gasteiger partial charge in [0, 0.05) is 12.4 Å². The second kappa shape index (κ2) is 4.23. The third-order valence-electron chi connectivity index (χ3n) is 2.57. The third kappa shape index (κ3) is 1.86. The van der Waals surface area contributed by atoms with Gasteiger partial charge in [0.2, 0.25) is 5.28 Å². The molecule has 0 saturated carbocycles. The van der Waals surface area contributed by atoms with E-state index in [1.54, 1.807) is 18.7 Å². The highest BCUT2D eigenvalue weighted by molar-refractivity contribution is 6.28. The molecular weight excluding hydrogens is 252 g/mol. The summed E-state index contributed by atoms with van der Waals surface area (Å²) in [6, 6.07) is 3.86. The Morgan fingerprint density at radius 1 is 1.22 bits per heavy atom. The van der Waals surface area contributed by atoms with Crippen LogP contribution < -0.4 is 5.73 Å². The highest BCUT2D eigenvalue weighted by Crippen LogP contribution is 2.18. The van der Waals surface area contributed by atoms with Crippen molar-refractivity contribution in [1.82, 2.24) is 24.5 Å². The highest BCUT2D eigenvalue weighted by atomic mass is 35.5. The Morgan fingerprint density at radius 2 is 2.00 bits per heavy atom. The number of nitrogen functional groups attached to an aromatic ring is 1. The minimum absolute atomic E-state index is 0.122. The number of hydrogen-bond acceptors (Lipinski definition) is 5. The molecule has 0 radical (unpaired) electrons. The summed E-state index contributed by atoms with van der Waals surface area (Å²) in [6.07, 6.45) is 5.15. The summed E-state index contributed by atoms with van der Waals surface area (Å²) < 4.78 is 1.87. The fourth-order valence-corrected chi connectivity index (χ4v) is 1.91. The Balaban J connectivity index is 2.08. The number of imidazole rings is 1. The SMILES string of the molecule is Nc1nc(Cl)nc2c1ncn2Cc1ccncc1. The van der Waals surface area contributed by atoms with Gasteiger partial charge in [-0.1, -0.05) is 0 Å². The Hall–Kier alpha value is -2.21. The number of fused-ring (bicyclic) bond motifs is 1. The van der Waals surface area contributed by atoms with Crippen LogP contribution in [0.2, 0.25) is 5.28 Å². The van der Waals surface area contributed by atoms with Crippen LogP contribution in [0.25, 0.3) is 11.2 Å². The summed E-state index contributed by atoms with van der Waals surface area (Å²) in [4.78, 5) is 16.2. The quantitative estimate of drug-likeness (QED) is 0.706. The van der Waals surface area contributed by atoms with Crippen molar-refractivity contribution in [2.24, 2.45) is 0 Å². The number of rotatable bonds is 2. The number of nitrogens with zero attached hydrogens (tertiary/aromatic N) is 5. The molecule has 0 fully saturated rings. The van der Waals surface area contributed by atoms with E-state index in [1.807, 2.05) is 16.7 Å². The maximum Gasteiger partial charge on any atom is 0.226 e. The van der Waals surface area contributed by atoms with Crippen LogP contribution in [0.15, 0.2) is 30.9 Å². The molecular formula is C11H9ClN6. The standard InChI is InChI=1S/C11H9ClN6/c12-11-16-9(13)8-10(17-11)18(6-15-8)5-7-1-3-14-4-2-7/h1-4,6H,5H2,(H2,13,16,17). The molecule has 0 spiro atoms. The number of halogens is 1. The van der Waals surface area contributed by atoms with E-state index in [0.717, 1.165) is 5.56 Å². The molecule has 0 saturated heterocycles. The minimum Gasteiger partial charge on any atom is -0.382 e. The van der Waals surface area contributed by atoms with Crippen LogP contribution in [0, 0.1) is 0 Å². The van der Waals surface area contributed by atoms with Crippen molar-refractivity contribution in [2.75, 3.05) is 5.73 Å². The maximum atomic E-state index is 5.80. The van der Waals surface area contributed by atoms with Gasteiger partial charge in [-0.25, -0.2) is 4.98 Å². The van der Waals surface area contributed by atoms with Crippen molar-refractivity contribution in [3.63, 3.8) is 0 Å². The molecule has 0 aliphatic heterocycles. The van der Waals surface area contributed by atoms with Crippen LogP contribution >= 0.6 is 11.6 Å². The van der Waals surface area contributed by atoms with Gasteiger partial charge < -0.3 is 10.3 Å². The van der Waals surface area contributed by atoms with E-state index >= 15 is 0 Å². The number of anilines is 1. The first-order valence-corrected chi connectivity index (χ1v) is 5.64. The summed E-state index contributed by atoms with van der Waals surface area (Å²) in [7, 11) is 0. The van der Waals surface area contributed by atoms with Crippen molar-refractivity contribution in [2.45, 2.75) is 6.54 Å². The fraction of sp³-hybridized carbons (Fsp3) is 0.0909. The van der Waals surface area contributed by atoms with Crippen LogP contribution in [0.5, 0.6) is 0 Å². The van der Waals surface area contributed by atoms with Crippen LogP contribution in [-0.4, -0.2) is 24.5 Å². The average Bonchev–Trinajstić information content (AvgIpc) is 2.74. The lowest BCUT2D eigenvalue weighted by molar-refractivity contribution is 0.811. The summed E-state index contributed by atoms with van der Waals surface area (Å²) in [5.41, 5.74) is 8.03. The number of pyridine rings is 1. The lowest BCUT2D eigenvalue weighted by atomic mass is 10.3. The molecule has 6 nitrogen and oxygen atoms in total. The third-order valence-corrected chi connectivity index (χ3v) is 2.73. The Bertz CT molecular complexity index is 693. The van der Waals surface area contributed by atoms with E-state index in [9.17, 15) is 0 Å². The normalized spacial score (nSPS) is 10.9. The smallest absolute Gasteiger partial charge is 0.226 e. The Kier molecular flexibility index (Phi) is 2.56. The van der Waals surface area contributed by atoms with Gasteiger partial charge in [-0.15, -0.1) is 0 Å². The summed E-state index contributed by atoms with van der Waals surface area (Å²) >= 11 is 5.80. The summed E-state index contributed by atoms with van der Waals surface area (Å²) in [5.74, 6) is 0.290. The van der Waals surface area contributed by atoms with E-state index in [0.29, 0.717) is 23.5 Å². The molecule has 3 heterocycles. The van der Waals surface area contributed by atoms with E-state index in [4.69, 9.17) is 17.3 Å². The van der Waals surface area contributed by atoms with Gasteiger partial charge in [0.15, 0.2) is 11.5 Å². The molecule has 0 aliphatic carbocycles. The average molecular weight is 261 g/mol. The molecule has 0 aromatic carbocycles. The number of hydrogen-bond donors (Lipinski definition) is 1. The predicted octanol–water partition coefficient (Wildman–Crippen LogP) is 1.51. The summed E-state index contributed by atoms with van der Waals surface area (Å²) in [5, 5.41) is 0.122. The molecule has 2 N–H and O–H groups in total. The fourth-order valence-electron chi connectivity index (χ4n) is 1.74. The van der Waals surface area contributed by atoms with E-state index in [1.165, 1.54) is 0 Å². The lowest BCUT2D eigenvalue weighted by Gasteiger charge is -2.03. The number of nitrogens with two attached hydrogens (primary N) is 1. The molecule has 3 rings (SSSR count). The maximum absolute atomic E-state index is 5.80. The minimum atomic E-state index is 0.122. The van der Waals surface area contributed by atoms with Gasteiger partial charge in [0.05, 0.1) is 12.9 Å². The number of aromatic nitrogens is 5. The van der Waals surface area contributed by atoms with Crippen LogP contribution in [0.3, 0.4) is 0 Å². The summed E-state index contributed by atoms with van der Waals surface area (Å²) in [6.45, 7) is 0.631. The Morgan fingerprint density at radius 3 is 2.78 bits per heavy atom. The first-order valence-electron chi connectivity index (χ1n) is 5.27. The van der Waals surface area contributed by atoms with Crippen LogP contribution in [0.1, 0.15) is 5.56 Å². The largest absolute Gasteiger partial charge is 0.382 e. The molecule has 3 aromatic heterocycles. The zero-order valence-corrected chi connectivity index (χ0v) is 10.0. The molecule has 7 heteroatoms. The highest BCUT2D eigenvalue weighted by Gasteiger charge is 2.10. The lowest BCUT2D eigenvalue weighted by Crippen LogP contribution is -2.01. The molecule has 0 unspecified atom stereocenters. The molecule has 18 heavy (non-hydrogen) atoms. The van der Waals surface area contributed by atoms with Crippen molar-refractivity contribution >= 4 is 28.6 Å². The van der Waals surface area contributed by atoms with Crippen LogP contribution in [0.4, 0.5) is 5.82 Å². The van der Waals surface area contributed by atoms with Crippen molar-refractivity contribution in [1.29, 1.82) is 0 Å². The van der Waals surface area contributed by atoms with Crippen molar-refractivity contribution in [3.8, 4) is 0 Å². The van der Waals surface area contributed by atoms with E-state index in [-0.39, 0.29) is 5.28 Å². The molecule has 0 amide bonds. The predicted molar refractivity (Wildman–Crippen MR) is 68.1 cm³/mol. The first-order chi connectivity index (χ1) is 8.74. The van der Waals surface area contributed by atoms with Gasteiger partial charge in [0.25, 0.3) is 0 Å². The first kappa shape index (κ1) is 10.9. The monoisotopic (exact) mass is 260 g/mol. The van der Waals surface area contributed by atoms with Gasteiger partial charge >= 0.3 is 0 Å². The van der Waals surface area contributed by atoms with Gasteiger partial charge in [-0.2, -0.15) is 9.97 Å². The van der Waals surface area contributed by atoms with Gasteiger partial charge in [-0.05, 0) is 29.3 Å². The van der Waals surface area contributed by atoms with E-state index < -0.39 is 0 Å². The second-order valence-corrected chi connectivity index (χ2v) is 4.12. The second-order valence-electron chi connectivity index (χ2n) is 3.78. The molecule has 3 aromatic rings. The molecule has 0 bridgehead atoms. The van der Waals surface area contributed by atoms with Gasteiger partial charge in [-0.3, -0.25) is 4.98 Å². The topological polar surface area (TPSA) is 82.5 Å². The molecule has 0 aliphatic rings. The van der Waals surface area contributed by atoms with Crippen LogP contribution in [-0.2, 0) is 6.54 Å². The van der Waals surface area contributed by atoms with E-state index in [2.05, 4.69) is 19.9 Å². The van der Waals surface area contributed by atoms with Crippen molar-refractivity contribution < 1.29 is 0 Å². The zero-order chi connectivity index (χ0) is 12.5. The Labute approximate surface area is 107 Å².